The lowest BCUT2D eigenvalue weighted by atomic mass is 10.2. The molecular weight excluding hydrogens is 269 g/mol. The van der Waals surface area contributed by atoms with Crippen LogP contribution in [0.2, 0.25) is 5.02 Å². The van der Waals surface area contributed by atoms with Crippen molar-refractivity contribution in [3.63, 3.8) is 0 Å². The highest BCUT2D eigenvalue weighted by Crippen LogP contribution is 2.25. The number of hydrogen-bond donors (Lipinski definition) is 0. The van der Waals surface area contributed by atoms with Gasteiger partial charge in [-0.25, -0.2) is 8.42 Å². The van der Waals surface area contributed by atoms with Gasteiger partial charge in [-0.15, -0.1) is 0 Å². The third kappa shape index (κ3) is 2.32. The number of benzene rings is 1. The summed E-state index contributed by atoms with van der Waals surface area (Å²) in [7, 11) is -3.85. The highest BCUT2D eigenvalue weighted by molar-refractivity contribution is 7.91. The van der Waals surface area contributed by atoms with Crippen LogP contribution in [0.25, 0.3) is 0 Å². The quantitative estimate of drug-likeness (QED) is 0.778. The normalized spacial score (nSPS) is 12.1. The Balaban J connectivity index is 3.40. The van der Waals surface area contributed by atoms with Crippen LogP contribution in [0.3, 0.4) is 0 Å². The van der Waals surface area contributed by atoms with Gasteiger partial charge in [0.15, 0.2) is 0 Å². The monoisotopic (exact) mass is 273 g/mol. The van der Waals surface area contributed by atoms with Gasteiger partial charge in [0.2, 0.25) is 0 Å². The molecule has 1 aromatic carbocycles. The summed E-state index contributed by atoms with van der Waals surface area (Å²) >= 11 is 16.1. The highest BCUT2D eigenvalue weighted by Gasteiger charge is 2.23. The molecule has 0 spiro atoms. The Labute approximate surface area is 97.5 Å². The van der Waals surface area contributed by atoms with Crippen molar-refractivity contribution in [2.24, 2.45) is 0 Å². The Morgan fingerprint density at radius 3 is 2.36 bits per heavy atom. The molecular formula is C7H6Cl3NO2S. The minimum atomic E-state index is -3.85. The molecule has 7 heteroatoms. The van der Waals surface area contributed by atoms with E-state index < -0.39 is 10.0 Å². The van der Waals surface area contributed by atoms with E-state index in [1.54, 1.807) is 19.1 Å². The number of nitrogens with zero attached hydrogens (tertiary/aromatic N) is 1. The van der Waals surface area contributed by atoms with Crippen LogP contribution in [0.1, 0.15) is 5.56 Å². The first-order chi connectivity index (χ1) is 6.35. The molecule has 0 aromatic heterocycles. The molecule has 78 valence electrons. The molecule has 3 nitrogen and oxygen atoms in total. The summed E-state index contributed by atoms with van der Waals surface area (Å²) in [6.45, 7) is 1.63. The van der Waals surface area contributed by atoms with Crippen molar-refractivity contribution in [2.45, 2.75) is 11.8 Å². The van der Waals surface area contributed by atoms with Gasteiger partial charge in [0, 0.05) is 28.6 Å². The van der Waals surface area contributed by atoms with Gasteiger partial charge < -0.3 is 0 Å². The van der Waals surface area contributed by atoms with Crippen molar-refractivity contribution < 1.29 is 8.42 Å². The van der Waals surface area contributed by atoms with Gasteiger partial charge in [0.1, 0.15) is 0 Å². The van der Waals surface area contributed by atoms with E-state index in [0.29, 0.717) is 10.6 Å². The van der Waals surface area contributed by atoms with Crippen molar-refractivity contribution in [2.75, 3.05) is 0 Å². The summed E-state index contributed by atoms with van der Waals surface area (Å²) in [4.78, 5) is -0.00463. The van der Waals surface area contributed by atoms with E-state index in [1.807, 2.05) is 0 Å². The average molecular weight is 275 g/mol. The first-order valence-electron chi connectivity index (χ1n) is 3.49. The largest absolute Gasteiger partial charge is 0.270 e. The molecule has 0 radical (unpaired) electrons. The zero-order valence-corrected chi connectivity index (χ0v) is 10.1. The molecule has 0 N–H and O–H groups in total. The van der Waals surface area contributed by atoms with Gasteiger partial charge in [-0.3, -0.25) is 0 Å². The van der Waals surface area contributed by atoms with Crippen molar-refractivity contribution in [3.05, 3.63) is 28.8 Å². The van der Waals surface area contributed by atoms with Gasteiger partial charge in [0.05, 0.1) is 4.90 Å². The zero-order chi connectivity index (χ0) is 10.9. The van der Waals surface area contributed by atoms with Gasteiger partial charge in [-0.05, 0) is 28.0 Å². The minimum absolute atomic E-state index is 0.00463. The molecule has 0 heterocycles. The zero-order valence-electron chi connectivity index (χ0n) is 7.04. The first-order valence-corrected chi connectivity index (χ1v) is 5.98. The standard InChI is InChI=1S/C7H6Cl3NO2S/c1-5-2-3-6(8)4-7(5)14(12,13)11(9)10/h2-4H,1H3. The SMILES string of the molecule is Cc1ccc(Cl)cc1S(=O)(=O)N(Cl)Cl. The van der Waals surface area contributed by atoms with Crippen LogP contribution in [0.5, 0.6) is 0 Å². The average Bonchev–Trinajstić information content (AvgIpc) is 2.08. The lowest BCUT2D eigenvalue weighted by molar-refractivity contribution is 0.579. The molecule has 1 aromatic rings. The van der Waals surface area contributed by atoms with E-state index in [0.717, 1.165) is 0 Å². The number of aryl methyl sites for hydroxylation is 1. The van der Waals surface area contributed by atoms with Crippen molar-refractivity contribution in [1.82, 2.24) is 3.34 Å². The predicted molar refractivity (Wildman–Crippen MR) is 56.9 cm³/mol. The first kappa shape index (κ1) is 12.1. The number of halogens is 3. The molecule has 0 amide bonds. The molecule has 0 fully saturated rings. The molecule has 0 saturated heterocycles. The summed E-state index contributed by atoms with van der Waals surface area (Å²) < 4.78 is 23.1. The Hall–Kier alpha value is -0.000000000000000111. The topological polar surface area (TPSA) is 37.4 Å². The summed E-state index contributed by atoms with van der Waals surface area (Å²) in [5.74, 6) is 0. The molecule has 0 aliphatic carbocycles. The second-order valence-electron chi connectivity index (χ2n) is 2.59. The third-order valence-corrected chi connectivity index (χ3v) is 4.29. The Morgan fingerprint density at radius 2 is 1.86 bits per heavy atom. The summed E-state index contributed by atoms with van der Waals surface area (Å²) in [6, 6.07) is 4.46. The molecule has 0 atom stereocenters. The van der Waals surface area contributed by atoms with Crippen LogP contribution in [0.15, 0.2) is 23.1 Å². The summed E-state index contributed by atoms with van der Waals surface area (Å²) in [6.07, 6.45) is 0. The third-order valence-electron chi connectivity index (χ3n) is 1.61. The fraction of sp³-hybridized carbons (Fsp3) is 0.143. The molecule has 0 unspecified atom stereocenters. The van der Waals surface area contributed by atoms with Crippen LogP contribution in [-0.4, -0.2) is 11.8 Å². The number of rotatable bonds is 2. The number of sulfonamides is 1. The molecule has 0 saturated carbocycles. The smallest absolute Gasteiger partial charge is 0.204 e. The van der Waals surface area contributed by atoms with E-state index in [-0.39, 0.29) is 8.24 Å². The molecule has 0 aliphatic rings. The minimum Gasteiger partial charge on any atom is -0.204 e. The van der Waals surface area contributed by atoms with Crippen LogP contribution >= 0.6 is 35.2 Å². The maximum Gasteiger partial charge on any atom is 0.270 e. The van der Waals surface area contributed by atoms with Crippen LogP contribution < -0.4 is 0 Å². The maximum absolute atomic E-state index is 11.5. The summed E-state index contributed by atoms with van der Waals surface area (Å²) in [5.41, 5.74) is 0.528. The maximum atomic E-state index is 11.5. The van der Waals surface area contributed by atoms with E-state index in [9.17, 15) is 8.42 Å². The van der Waals surface area contributed by atoms with Crippen LogP contribution in [0.4, 0.5) is 0 Å². The molecule has 1 rings (SSSR count). The summed E-state index contributed by atoms with van der Waals surface area (Å²) in [5, 5.41) is 0.310. The van der Waals surface area contributed by atoms with E-state index in [4.69, 9.17) is 35.2 Å². The van der Waals surface area contributed by atoms with Gasteiger partial charge >= 0.3 is 0 Å². The second-order valence-corrected chi connectivity index (χ2v) is 6.03. The molecule has 0 bridgehead atoms. The van der Waals surface area contributed by atoms with Gasteiger partial charge in [0.25, 0.3) is 10.0 Å². The Bertz CT molecular complexity index is 444. The van der Waals surface area contributed by atoms with Crippen molar-refractivity contribution in [1.29, 1.82) is 0 Å². The lowest BCUT2D eigenvalue weighted by Gasteiger charge is -2.08. The molecule has 14 heavy (non-hydrogen) atoms. The highest BCUT2D eigenvalue weighted by atomic mass is 35.5. The number of hydrogen-bond acceptors (Lipinski definition) is 2. The second kappa shape index (κ2) is 4.24. The van der Waals surface area contributed by atoms with Gasteiger partial charge in [-0.2, -0.15) is 0 Å². The lowest BCUT2D eigenvalue weighted by Crippen LogP contribution is -2.13. The van der Waals surface area contributed by atoms with E-state index in [1.165, 1.54) is 6.07 Å². The predicted octanol–water partition coefficient (Wildman–Crippen LogP) is 2.95. The van der Waals surface area contributed by atoms with Crippen LogP contribution in [0, 0.1) is 6.92 Å². The fourth-order valence-corrected chi connectivity index (χ4v) is 2.51. The van der Waals surface area contributed by atoms with Crippen molar-refractivity contribution >= 4 is 45.2 Å². The Kier molecular flexibility index (Phi) is 3.66. The van der Waals surface area contributed by atoms with E-state index >= 15 is 0 Å². The Morgan fingerprint density at radius 1 is 1.29 bits per heavy atom. The fourth-order valence-electron chi connectivity index (χ4n) is 0.926. The van der Waals surface area contributed by atoms with Gasteiger partial charge in [-0.1, -0.05) is 17.7 Å². The van der Waals surface area contributed by atoms with Crippen LogP contribution in [-0.2, 0) is 10.0 Å². The van der Waals surface area contributed by atoms with E-state index in [2.05, 4.69) is 0 Å². The van der Waals surface area contributed by atoms with Crippen molar-refractivity contribution in [3.8, 4) is 0 Å². The molecule has 0 aliphatic heterocycles.